The summed E-state index contributed by atoms with van der Waals surface area (Å²) < 4.78 is 16.4. The number of esters is 1. The highest BCUT2D eigenvalue weighted by Crippen LogP contribution is 2.31. The molecule has 0 aliphatic rings. The van der Waals surface area contributed by atoms with Gasteiger partial charge in [0.05, 0.1) is 14.2 Å². The predicted octanol–water partition coefficient (Wildman–Crippen LogP) is 3.10. The minimum absolute atomic E-state index is 0.193. The third-order valence-electron chi connectivity index (χ3n) is 3.09. The smallest absolute Gasteiger partial charge is 0.342 e. The van der Waals surface area contributed by atoms with Crippen molar-refractivity contribution in [2.45, 2.75) is 0 Å². The third kappa shape index (κ3) is 4.60. The van der Waals surface area contributed by atoms with Crippen molar-refractivity contribution < 1.29 is 23.8 Å². The van der Waals surface area contributed by atoms with Gasteiger partial charge in [0.15, 0.2) is 18.1 Å². The zero-order valence-electron chi connectivity index (χ0n) is 13.2. The largest absolute Gasteiger partial charge is 0.493 e. The Kier molecular flexibility index (Phi) is 6.42. The highest BCUT2D eigenvalue weighted by atomic mass is 127. The number of carbonyl (C=O) groups excluding carboxylic acids is 2. The second-order valence-corrected chi connectivity index (χ2v) is 5.92. The SMILES string of the molecule is COc1cccc(C(=O)OCC(=O)Nc2ccc(I)cc2)c1OC. The van der Waals surface area contributed by atoms with Gasteiger partial charge >= 0.3 is 5.97 Å². The van der Waals surface area contributed by atoms with Gasteiger partial charge < -0.3 is 19.5 Å². The number of ether oxygens (including phenoxy) is 3. The van der Waals surface area contributed by atoms with E-state index < -0.39 is 18.5 Å². The zero-order chi connectivity index (χ0) is 17.5. The average Bonchev–Trinajstić information content (AvgIpc) is 2.60. The summed E-state index contributed by atoms with van der Waals surface area (Å²) in [6.45, 7) is -0.398. The molecule has 2 rings (SSSR count). The van der Waals surface area contributed by atoms with E-state index in [0.29, 0.717) is 11.4 Å². The Morgan fingerprint density at radius 3 is 2.38 bits per heavy atom. The Morgan fingerprint density at radius 1 is 1.04 bits per heavy atom. The van der Waals surface area contributed by atoms with Crippen LogP contribution in [0.3, 0.4) is 0 Å². The molecule has 0 bridgehead atoms. The first-order valence-corrected chi connectivity index (χ1v) is 8.06. The van der Waals surface area contributed by atoms with Gasteiger partial charge in [-0.25, -0.2) is 4.79 Å². The Bertz CT molecular complexity index is 730. The second-order valence-electron chi connectivity index (χ2n) is 4.67. The molecular weight excluding hydrogens is 425 g/mol. The Balaban J connectivity index is 1.98. The van der Waals surface area contributed by atoms with E-state index in [9.17, 15) is 9.59 Å². The van der Waals surface area contributed by atoms with Crippen molar-refractivity contribution in [2.75, 3.05) is 26.1 Å². The maximum atomic E-state index is 12.2. The molecule has 0 unspecified atom stereocenters. The van der Waals surface area contributed by atoms with Gasteiger partial charge in [-0.05, 0) is 59.0 Å². The minimum Gasteiger partial charge on any atom is -0.493 e. The molecule has 0 radical (unpaired) electrons. The molecule has 7 heteroatoms. The summed E-state index contributed by atoms with van der Waals surface area (Å²) in [6, 6.07) is 12.1. The Morgan fingerprint density at radius 2 is 1.75 bits per heavy atom. The van der Waals surface area contributed by atoms with Crippen LogP contribution in [0, 0.1) is 3.57 Å². The fourth-order valence-corrected chi connectivity index (χ4v) is 2.35. The number of anilines is 1. The highest BCUT2D eigenvalue weighted by Gasteiger charge is 2.18. The van der Waals surface area contributed by atoms with E-state index in [0.717, 1.165) is 3.57 Å². The standard InChI is InChI=1S/C17H16INO5/c1-22-14-5-3-4-13(16(14)23-2)17(21)24-10-15(20)19-12-8-6-11(18)7-9-12/h3-9H,10H2,1-2H3,(H,19,20). The molecule has 0 aromatic heterocycles. The van der Waals surface area contributed by atoms with Gasteiger partial charge in [-0.3, -0.25) is 4.79 Å². The Labute approximate surface area is 153 Å². The van der Waals surface area contributed by atoms with E-state index in [1.54, 1.807) is 30.3 Å². The summed E-state index contributed by atoms with van der Waals surface area (Å²) >= 11 is 2.17. The number of amides is 1. The number of para-hydroxylation sites is 1. The second kappa shape index (κ2) is 8.53. The van der Waals surface area contributed by atoms with Crippen LogP contribution >= 0.6 is 22.6 Å². The summed E-state index contributed by atoms with van der Waals surface area (Å²) in [5.41, 5.74) is 0.828. The van der Waals surface area contributed by atoms with Gasteiger partial charge in [-0.1, -0.05) is 6.07 Å². The molecule has 0 aliphatic heterocycles. The van der Waals surface area contributed by atoms with Gasteiger partial charge in [-0.2, -0.15) is 0 Å². The fourth-order valence-electron chi connectivity index (χ4n) is 1.99. The lowest BCUT2D eigenvalue weighted by molar-refractivity contribution is -0.119. The van der Waals surface area contributed by atoms with Crippen molar-refractivity contribution in [1.29, 1.82) is 0 Å². The summed E-state index contributed by atoms with van der Waals surface area (Å²) in [4.78, 5) is 24.0. The number of rotatable bonds is 6. The third-order valence-corrected chi connectivity index (χ3v) is 3.80. The maximum absolute atomic E-state index is 12.2. The van der Waals surface area contributed by atoms with Crippen LogP contribution in [0.4, 0.5) is 5.69 Å². The molecule has 6 nitrogen and oxygen atoms in total. The molecule has 126 valence electrons. The summed E-state index contributed by atoms with van der Waals surface area (Å²) in [7, 11) is 2.90. The molecule has 2 aromatic carbocycles. The minimum atomic E-state index is -0.663. The highest BCUT2D eigenvalue weighted by molar-refractivity contribution is 14.1. The van der Waals surface area contributed by atoms with Crippen LogP contribution in [0.2, 0.25) is 0 Å². The molecule has 0 aliphatic carbocycles. The van der Waals surface area contributed by atoms with Crippen LogP contribution in [-0.2, 0) is 9.53 Å². The number of carbonyl (C=O) groups is 2. The molecule has 1 N–H and O–H groups in total. The van der Waals surface area contributed by atoms with Crippen molar-refractivity contribution in [1.82, 2.24) is 0 Å². The monoisotopic (exact) mass is 441 g/mol. The molecule has 0 saturated carbocycles. The van der Waals surface area contributed by atoms with Crippen LogP contribution in [0.5, 0.6) is 11.5 Å². The first kappa shape index (κ1) is 18.1. The van der Waals surface area contributed by atoms with Gasteiger partial charge in [0.2, 0.25) is 0 Å². The van der Waals surface area contributed by atoms with Gasteiger partial charge in [0, 0.05) is 9.26 Å². The average molecular weight is 441 g/mol. The van der Waals surface area contributed by atoms with Crippen LogP contribution < -0.4 is 14.8 Å². The van der Waals surface area contributed by atoms with E-state index in [1.807, 2.05) is 12.1 Å². The van der Waals surface area contributed by atoms with E-state index in [-0.39, 0.29) is 11.3 Å². The van der Waals surface area contributed by atoms with Gasteiger partial charge in [0.25, 0.3) is 5.91 Å². The maximum Gasteiger partial charge on any atom is 0.342 e. The molecule has 0 heterocycles. The predicted molar refractivity (Wildman–Crippen MR) is 97.6 cm³/mol. The zero-order valence-corrected chi connectivity index (χ0v) is 15.3. The lowest BCUT2D eigenvalue weighted by atomic mass is 10.2. The summed E-state index contributed by atoms with van der Waals surface area (Å²) in [5, 5.41) is 2.65. The lowest BCUT2D eigenvalue weighted by Gasteiger charge is -2.12. The number of methoxy groups -OCH3 is 2. The quantitative estimate of drug-likeness (QED) is 0.551. The Hall–Kier alpha value is -2.29. The van der Waals surface area contributed by atoms with Crippen LogP contribution in [-0.4, -0.2) is 32.7 Å². The first-order valence-electron chi connectivity index (χ1n) is 6.98. The van der Waals surface area contributed by atoms with Crippen molar-refractivity contribution in [3.05, 3.63) is 51.6 Å². The first-order chi connectivity index (χ1) is 11.5. The van der Waals surface area contributed by atoms with Gasteiger partial charge in [-0.15, -0.1) is 0 Å². The van der Waals surface area contributed by atoms with E-state index in [1.165, 1.54) is 14.2 Å². The van der Waals surface area contributed by atoms with Gasteiger partial charge in [0.1, 0.15) is 5.56 Å². The molecule has 0 fully saturated rings. The topological polar surface area (TPSA) is 73.9 Å². The number of benzene rings is 2. The van der Waals surface area contributed by atoms with Crippen LogP contribution in [0.15, 0.2) is 42.5 Å². The molecular formula is C17H16INO5. The number of hydrogen-bond donors (Lipinski definition) is 1. The summed E-state index contributed by atoms with van der Waals surface area (Å²) in [5.74, 6) is -0.409. The molecule has 0 saturated heterocycles. The molecule has 0 atom stereocenters. The number of halogens is 1. The number of nitrogens with one attached hydrogen (secondary N) is 1. The van der Waals surface area contributed by atoms with E-state index in [4.69, 9.17) is 14.2 Å². The fraction of sp³-hybridized carbons (Fsp3) is 0.176. The summed E-state index contributed by atoms with van der Waals surface area (Å²) in [6.07, 6.45) is 0. The van der Waals surface area contributed by atoms with Crippen molar-refractivity contribution in [3.8, 4) is 11.5 Å². The van der Waals surface area contributed by atoms with Crippen molar-refractivity contribution in [2.24, 2.45) is 0 Å². The normalized spacial score (nSPS) is 9.96. The van der Waals surface area contributed by atoms with Crippen molar-refractivity contribution in [3.63, 3.8) is 0 Å². The lowest BCUT2D eigenvalue weighted by Crippen LogP contribution is -2.21. The molecule has 1 amide bonds. The van der Waals surface area contributed by atoms with E-state index in [2.05, 4.69) is 27.9 Å². The molecule has 0 spiro atoms. The molecule has 2 aromatic rings. The van der Waals surface area contributed by atoms with Crippen molar-refractivity contribution >= 4 is 40.2 Å². The van der Waals surface area contributed by atoms with E-state index >= 15 is 0 Å². The number of hydrogen-bond acceptors (Lipinski definition) is 5. The van der Waals surface area contributed by atoms with Crippen LogP contribution in [0.25, 0.3) is 0 Å². The van der Waals surface area contributed by atoms with Crippen LogP contribution in [0.1, 0.15) is 10.4 Å². The molecule has 24 heavy (non-hydrogen) atoms.